The first-order valence-corrected chi connectivity index (χ1v) is 9.25. The molecule has 0 aliphatic carbocycles. The largest absolute Gasteiger partial charge is 0.301 e. The zero-order chi connectivity index (χ0) is 18.0. The average Bonchev–Trinajstić information content (AvgIpc) is 2.91. The summed E-state index contributed by atoms with van der Waals surface area (Å²) < 4.78 is 0. The van der Waals surface area contributed by atoms with Crippen molar-refractivity contribution in [1.82, 2.24) is 4.90 Å². The number of amides is 1. The highest BCUT2D eigenvalue weighted by molar-refractivity contribution is 8.04. The summed E-state index contributed by atoms with van der Waals surface area (Å²) >= 11 is 1.43. The fourth-order valence-corrected chi connectivity index (χ4v) is 3.82. The van der Waals surface area contributed by atoms with E-state index in [2.05, 4.69) is 18.2 Å². The molecule has 1 aliphatic rings. The molecule has 0 unspecified atom stereocenters. The van der Waals surface area contributed by atoms with E-state index in [9.17, 15) is 9.59 Å². The minimum atomic E-state index is -0.0544. The van der Waals surface area contributed by atoms with Gasteiger partial charge >= 0.3 is 0 Å². The zero-order valence-electron chi connectivity index (χ0n) is 14.7. The number of hydrogen-bond donors (Lipinski definition) is 0. The molecule has 0 spiro atoms. The first kappa shape index (κ1) is 17.5. The van der Waals surface area contributed by atoms with Gasteiger partial charge in [-0.1, -0.05) is 59.8 Å². The normalized spacial score (nSPS) is 15.9. The van der Waals surface area contributed by atoms with Gasteiger partial charge in [0.25, 0.3) is 0 Å². The van der Waals surface area contributed by atoms with Gasteiger partial charge in [-0.05, 0) is 37.5 Å². The first-order valence-electron chi connectivity index (χ1n) is 8.26. The molecule has 3 rings (SSSR count). The van der Waals surface area contributed by atoms with Crippen LogP contribution in [0.4, 0.5) is 0 Å². The van der Waals surface area contributed by atoms with Crippen molar-refractivity contribution in [3.63, 3.8) is 0 Å². The Morgan fingerprint density at radius 3 is 2.64 bits per heavy atom. The van der Waals surface area contributed by atoms with Crippen molar-refractivity contribution in [3.05, 3.63) is 81.4 Å². The SMILES string of the molecule is Cc1ccc(C)c(CN2C(=O)CS/C2=C\C(=O)c2ccccc2C)c1. The monoisotopic (exact) mass is 351 g/mol. The fourth-order valence-electron chi connectivity index (χ4n) is 2.88. The van der Waals surface area contributed by atoms with Crippen molar-refractivity contribution in [2.24, 2.45) is 0 Å². The molecule has 0 aromatic heterocycles. The van der Waals surface area contributed by atoms with E-state index in [1.54, 1.807) is 11.0 Å². The van der Waals surface area contributed by atoms with Gasteiger partial charge in [0.2, 0.25) is 5.91 Å². The minimum absolute atomic E-state index is 0.0507. The summed E-state index contributed by atoms with van der Waals surface area (Å²) in [7, 11) is 0. The Morgan fingerprint density at radius 1 is 1.12 bits per heavy atom. The van der Waals surface area contributed by atoms with Gasteiger partial charge in [0.1, 0.15) is 0 Å². The van der Waals surface area contributed by atoms with Crippen molar-refractivity contribution in [1.29, 1.82) is 0 Å². The van der Waals surface area contributed by atoms with Crippen LogP contribution in [0.5, 0.6) is 0 Å². The number of nitrogens with zero attached hydrogens (tertiary/aromatic N) is 1. The molecule has 3 nitrogen and oxygen atoms in total. The van der Waals surface area contributed by atoms with E-state index in [1.165, 1.54) is 17.3 Å². The van der Waals surface area contributed by atoms with Crippen LogP contribution < -0.4 is 0 Å². The van der Waals surface area contributed by atoms with Crippen LogP contribution >= 0.6 is 11.8 Å². The van der Waals surface area contributed by atoms with E-state index >= 15 is 0 Å². The second-order valence-corrected chi connectivity index (χ2v) is 7.36. The zero-order valence-corrected chi connectivity index (χ0v) is 15.5. The van der Waals surface area contributed by atoms with E-state index < -0.39 is 0 Å². The molecular weight excluding hydrogens is 330 g/mol. The molecule has 0 bridgehead atoms. The van der Waals surface area contributed by atoms with Gasteiger partial charge in [-0.25, -0.2) is 0 Å². The van der Waals surface area contributed by atoms with Crippen molar-refractivity contribution in [2.75, 3.05) is 5.75 Å². The second-order valence-electron chi connectivity index (χ2n) is 6.36. The van der Waals surface area contributed by atoms with Crippen LogP contribution in [0.25, 0.3) is 0 Å². The van der Waals surface area contributed by atoms with E-state index in [1.807, 2.05) is 45.0 Å². The lowest BCUT2D eigenvalue weighted by atomic mass is 10.0. The Labute approximate surface area is 152 Å². The van der Waals surface area contributed by atoms with Crippen LogP contribution in [-0.2, 0) is 11.3 Å². The van der Waals surface area contributed by atoms with Gasteiger partial charge in [-0.15, -0.1) is 0 Å². The summed E-state index contributed by atoms with van der Waals surface area (Å²) in [6.07, 6.45) is 1.60. The predicted octanol–water partition coefficient (Wildman–Crippen LogP) is 4.41. The van der Waals surface area contributed by atoms with Crippen molar-refractivity contribution < 1.29 is 9.59 Å². The molecule has 0 atom stereocenters. The summed E-state index contributed by atoms with van der Waals surface area (Å²) in [5.74, 6) is 0.383. The molecule has 2 aromatic rings. The van der Waals surface area contributed by atoms with Gasteiger partial charge in [-0.3, -0.25) is 9.59 Å². The molecule has 1 amide bonds. The number of carbonyl (C=O) groups excluding carboxylic acids is 2. The second kappa shape index (κ2) is 7.28. The lowest BCUT2D eigenvalue weighted by molar-refractivity contribution is -0.125. The Kier molecular flexibility index (Phi) is 5.09. The molecule has 1 aliphatic heterocycles. The number of rotatable bonds is 4. The Morgan fingerprint density at radius 2 is 1.88 bits per heavy atom. The van der Waals surface area contributed by atoms with Gasteiger partial charge in [0.05, 0.1) is 17.3 Å². The van der Waals surface area contributed by atoms with Crippen molar-refractivity contribution in [2.45, 2.75) is 27.3 Å². The standard InChI is InChI=1S/C21H21NO2S/c1-14-8-9-15(2)17(10-14)12-22-20(24)13-25-21(22)11-19(23)18-7-5-4-6-16(18)3/h4-11H,12-13H2,1-3H3/b21-11-. The predicted molar refractivity (Wildman–Crippen MR) is 103 cm³/mol. The number of thioether (sulfide) groups is 1. The van der Waals surface area contributed by atoms with Gasteiger partial charge in [0.15, 0.2) is 5.78 Å². The van der Waals surface area contributed by atoms with Crippen LogP contribution in [-0.4, -0.2) is 22.3 Å². The summed E-state index contributed by atoms with van der Waals surface area (Å²) in [6.45, 7) is 6.52. The lowest BCUT2D eigenvalue weighted by Crippen LogP contribution is -2.25. The Bertz CT molecular complexity index is 870. The molecule has 1 heterocycles. The first-order chi connectivity index (χ1) is 12.0. The highest BCUT2D eigenvalue weighted by atomic mass is 32.2. The van der Waals surface area contributed by atoms with Crippen LogP contribution in [0.15, 0.2) is 53.6 Å². The van der Waals surface area contributed by atoms with Crippen LogP contribution in [0.2, 0.25) is 0 Å². The number of allylic oxidation sites excluding steroid dienone is 1. The molecular formula is C21H21NO2S. The highest BCUT2D eigenvalue weighted by Gasteiger charge is 2.28. The molecule has 0 radical (unpaired) electrons. The van der Waals surface area contributed by atoms with Gasteiger partial charge in [-0.2, -0.15) is 0 Å². The average molecular weight is 351 g/mol. The lowest BCUT2D eigenvalue weighted by Gasteiger charge is -2.19. The highest BCUT2D eigenvalue weighted by Crippen LogP contribution is 2.31. The third kappa shape index (κ3) is 3.85. The molecule has 25 heavy (non-hydrogen) atoms. The maximum Gasteiger partial charge on any atom is 0.238 e. The summed E-state index contributed by atoms with van der Waals surface area (Å²) in [6, 6.07) is 13.8. The summed E-state index contributed by atoms with van der Waals surface area (Å²) in [5, 5.41) is 0.735. The van der Waals surface area contributed by atoms with E-state index in [0.29, 0.717) is 17.9 Å². The molecule has 4 heteroatoms. The number of benzene rings is 2. The smallest absolute Gasteiger partial charge is 0.238 e. The van der Waals surface area contributed by atoms with Crippen LogP contribution in [0.1, 0.15) is 32.6 Å². The van der Waals surface area contributed by atoms with Crippen LogP contribution in [0, 0.1) is 20.8 Å². The number of carbonyl (C=O) groups is 2. The Hall–Kier alpha value is -2.33. The van der Waals surface area contributed by atoms with E-state index in [4.69, 9.17) is 0 Å². The van der Waals surface area contributed by atoms with Gasteiger partial charge < -0.3 is 4.90 Å². The third-order valence-corrected chi connectivity index (χ3v) is 5.43. The quantitative estimate of drug-likeness (QED) is 0.605. The molecule has 128 valence electrons. The van der Waals surface area contributed by atoms with E-state index in [-0.39, 0.29) is 11.7 Å². The molecule has 2 aromatic carbocycles. The maximum atomic E-state index is 12.6. The summed E-state index contributed by atoms with van der Waals surface area (Å²) in [5.41, 5.74) is 5.06. The minimum Gasteiger partial charge on any atom is -0.301 e. The number of aryl methyl sites for hydroxylation is 3. The summed E-state index contributed by atoms with van der Waals surface area (Å²) in [4.78, 5) is 26.7. The number of ketones is 1. The molecule has 0 N–H and O–H groups in total. The maximum absolute atomic E-state index is 12.6. The van der Waals surface area contributed by atoms with E-state index in [0.717, 1.165) is 21.7 Å². The molecule has 1 fully saturated rings. The fraction of sp³-hybridized carbons (Fsp3) is 0.238. The third-order valence-electron chi connectivity index (χ3n) is 4.41. The molecule has 0 saturated carbocycles. The Balaban J connectivity index is 1.88. The van der Waals surface area contributed by atoms with Crippen molar-refractivity contribution in [3.8, 4) is 0 Å². The number of hydrogen-bond acceptors (Lipinski definition) is 3. The molecule has 1 saturated heterocycles. The topological polar surface area (TPSA) is 37.4 Å². The van der Waals surface area contributed by atoms with Gasteiger partial charge in [0, 0.05) is 11.6 Å². The van der Waals surface area contributed by atoms with Crippen LogP contribution in [0.3, 0.4) is 0 Å². The van der Waals surface area contributed by atoms with Crippen molar-refractivity contribution >= 4 is 23.5 Å².